The number of phosphoric ester groups is 1. The molecule has 0 unspecified atom stereocenters. The molecule has 8 nitrogen and oxygen atoms in total. The van der Waals surface area contributed by atoms with Gasteiger partial charge in [0.25, 0.3) is 0 Å². The first-order valence-electron chi connectivity index (χ1n) is 12.2. The summed E-state index contributed by atoms with van der Waals surface area (Å²) in [6, 6.07) is 0. The van der Waals surface area contributed by atoms with Crippen molar-refractivity contribution in [3.8, 4) is 71.0 Å². The van der Waals surface area contributed by atoms with E-state index in [2.05, 4.69) is 82.5 Å². The van der Waals surface area contributed by atoms with Gasteiger partial charge in [0.05, 0.1) is 14.4 Å². The van der Waals surface area contributed by atoms with Gasteiger partial charge in [-0.1, -0.05) is 64.2 Å². The Morgan fingerprint density at radius 2 is 1.22 bits per heavy atom. The summed E-state index contributed by atoms with van der Waals surface area (Å²) in [5.41, 5.74) is 0. The molecule has 0 aromatic heterocycles. The molecule has 0 aromatic rings. The quantitative estimate of drug-likeness (QED) is 0.0530. The van der Waals surface area contributed by atoms with Crippen LogP contribution in [0.5, 0.6) is 0 Å². The first kappa shape index (κ1) is 46.7. The van der Waals surface area contributed by atoms with Crippen molar-refractivity contribution < 1.29 is 113 Å². The summed E-state index contributed by atoms with van der Waals surface area (Å²) in [4.78, 5) is 45.4. The molecule has 41 heavy (non-hydrogen) atoms. The second-order valence-electron chi connectivity index (χ2n) is 7.66. The van der Waals surface area contributed by atoms with Gasteiger partial charge in [0, 0.05) is 28.0 Å². The molecule has 0 aromatic carbocycles. The Morgan fingerprint density at radius 3 is 1.71 bits per heavy atom. The van der Waals surface area contributed by atoms with Crippen molar-refractivity contribution in [3.05, 3.63) is 0 Å². The van der Waals surface area contributed by atoms with Gasteiger partial charge < -0.3 is 28.3 Å². The minimum absolute atomic E-state index is 0. The number of carbonyl (C=O) groups excluding carboxylic acids is 2. The third-order valence-corrected chi connectivity index (χ3v) is 4.92. The van der Waals surface area contributed by atoms with E-state index in [4.69, 9.17) is 9.47 Å². The van der Waals surface area contributed by atoms with Gasteiger partial charge in [-0.05, 0) is 72.5 Å². The molecule has 12 heteroatoms. The Labute approximate surface area is 312 Å². The van der Waals surface area contributed by atoms with E-state index in [9.17, 15) is 23.9 Å². The molecule has 0 saturated carbocycles. The fourth-order valence-corrected chi connectivity index (χ4v) is 3.06. The maximum absolute atomic E-state index is 12.1. The third-order valence-electron chi connectivity index (χ3n) is 4.45. The third kappa shape index (κ3) is 36.7. The van der Waals surface area contributed by atoms with Crippen molar-refractivity contribution in [2.45, 2.75) is 84.2 Å². The summed E-state index contributed by atoms with van der Waals surface area (Å²) in [7, 11) is -5.31. The zero-order valence-corrected chi connectivity index (χ0v) is 30.2. The van der Waals surface area contributed by atoms with E-state index in [-0.39, 0.29) is 94.7 Å². The monoisotopic (exact) mass is 640 g/mol. The van der Waals surface area contributed by atoms with E-state index in [1.54, 1.807) is 6.92 Å². The standard InChI is InChI=1S/C29H33O8P.2Na.H2S.11H2/c1-3-5-7-9-11-13-14-16-17-19-21-23-28(30)35-25-27(26-36-38(32,33)34)37-29(31)24-22-20-18-15-12-10-8-6-4-2;;;;;;;;;;;;;;/h27H,4,6,8,10,12,15,18,20,22,24-26H2,1-2H3,(H2,32,33,34);;;1H2;11*1H/q;2*+1;;;;;;;;;;;;/p-2/t27-;;;;;;;;;;;;;;/m1............../s1. The van der Waals surface area contributed by atoms with Gasteiger partial charge in [-0.25, -0.2) is 4.79 Å². The van der Waals surface area contributed by atoms with E-state index in [1.165, 1.54) is 32.1 Å². The van der Waals surface area contributed by atoms with Crippen LogP contribution < -0.4 is 68.9 Å². The Bertz CT molecular complexity index is 1220. The smallest absolute Gasteiger partial charge is 0.790 e. The first-order chi connectivity index (χ1) is 18.3. The fourth-order valence-electron chi connectivity index (χ4n) is 2.71. The minimum atomic E-state index is -5.31. The van der Waals surface area contributed by atoms with E-state index in [0.29, 0.717) is 6.42 Å². The van der Waals surface area contributed by atoms with Crippen LogP contribution in [-0.4, -0.2) is 31.3 Å². The zero-order valence-electron chi connectivity index (χ0n) is 24.3. The number of esters is 2. The number of ether oxygens (including phenoxy) is 2. The number of hydrogen-bond acceptors (Lipinski definition) is 8. The SMILES string of the molecule is CC#CC#CC#CC#CC#CC#CC(=O)OC[C@H](COP(=O)([O-])[O-])OC(=O)CCCCCCCCCCC.S.[HH].[HH].[HH].[HH].[HH].[HH].[HH].[HH].[HH].[HH].[HH].[Na+].[Na+]. The van der Waals surface area contributed by atoms with Gasteiger partial charge >= 0.3 is 71.1 Å². The number of rotatable bonds is 16. The molecule has 0 rings (SSSR count). The normalized spacial score (nSPS) is 9.17. The molecule has 0 N–H and O–H groups in total. The molecule has 0 bridgehead atoms. The fraction of sp³-hybridized carbons (Fsp3) is 0.517. The summed E-state index contributed by atoms with van der Waals surface area (Å²) in [6.45, 7) is 2.49. The second kappa shape index (κ2) is 33.3. The van der Waals surface area contributed by atoms with Gasteiger partial charge in [0.2, 0.25) is 0 Å². The molecule has 0 radical (unpaired) electrons. The molecular weight excluding hydrogens is 585 g/mol. The molecule has 0 spiro atoms. The maximum Gasteiger partial charge on any atom is 1.00 e. The molecule has 0 saturated heterocycles. The van der Waals surface area contributed by atoms with E-state index >= 15 is 0 Å². The molecular formula is C29H55Na2O8PS. The van der Waals surface area contributed by atoms with Crippen molar-refractivity contribution in [3.63, 3.8) is 0 Å². The largest absolute Gasteiger partial charge is 1.00 e. The van der Waals surface area contributed by atoms with Crippen LogP contribution in [0.1, 0.15) is 93.7 Å². The van der Waals surface area contributed by atoms with Crippen molar-refractivity contribution in [1.82, 2.24) is 0 Å². The zero-order chi connectivity index (χ0) is 28.3. The van der Waals surface area contributed by atoms with Gasteiger partial charge in [0.15, 0.2) is 6.10 Å². The summed E-state index contributed by atoms with van der Waals surface area (Å²) >= 11 is 0. The van der Waals surface area contributed by atoms with Crippen molar-refractivity contribution in [2.75, 3.05) is 13.2 Å². The average molecular weight is 641 g/mol. The van der Waals surface area contributed by atoms with Gasteiger partial charge in [-0.15, -0.1) is 0 Å². The van der Waals surface area contributed by atoms with Crippen LogP contribution in [0.2, 0.25) is 0 Å². The van der Waals surface area contributed by atoms with Crippen LogP contribution >= 0.6 is 21.3 Å². The van der Waals surface area contributed by atoms with E-state index in [1.807, 2.05) is 0 Å². The molecule has 0 aliphatic carbocycles. The first-order valence-corrected chi connectivity index (χ1v) is 13.7. The van der Waals surface area contributed by atoms with Crippen LogP contribution in [0.25, 0.3) is 0 Å². The number of unbranched alkanes of at least 4 members (excludes halogenated alkanes) is 8. The van der Waals surface area contributed by atoms with Crippen molar-refractivity contribution in [2.24, 2.45) is 0 Å². The molecule has 232 valence electrons. The topological polar surface area (TPSA) is 125 Å². The molecule has 0 aliphatic heterocycles. The molecule has 0 heterocycles. The van der Waals surface area contributed by atoms with Crippen molar-refractivity contribution >= 4 is 33.3 Å². The number of carbonyl (C=O) groups is 2. The van der Waals surface area contributed by atoms with E-state index < -0.39 is 39.1 Å². The van der Waals surface area contributed by atoms with Crippen LogP contribution in [0.15, 0.2) is 0 Å². The van der Waals surface area contributed by atoms with Crippen molar-refractivity contribution in [1.29, 1.82) is 0 Å². The maximum atomic E-state index is 12.1. The van der Waals surface area contributed by atoms with Crippen LogP contribution in [-0.2, 0) is 28.2 Å². The summed E-state index contributed by atoms with van der Waals surface area (Å²) in [5.74, 6) is 27.0. The van der Waals surface area contributed by atoms with E-state index in [0.717, 1.165) is 19.3 Å². The average Bonchev–Trinajstić information content (AvgIpc) is 2.87. The summed E-state index contributed by atoms with van der Waals surface area (Å²) in [5, 5.41) is 0. The van der Waals surface area contributed by atoms with Gasteiger partial charge in [0.1, 0.15) is 6.61 Å². The summed E-state index contributed by atoms with van der Waals surface area (Å²) < 4.78 is 24.9. The van der Waals surface area contributed by atoms with Crippen LogP contribution in [0, 0.1) is 71.0 Å². The predicted molar refractivity (Wildman–Crippen MR) is 172 cm³/mol. The Kier molecular flexibility index (Phi) is 37.9. The van der Waals surface area contributed by atoms with Gasteiger partial charge in [-0.3, -0.25) is 4.79 Å². The Morgan fingerprint density at radius 1 is 0.756 bits per heavy atom. The predicted octanol–water partition coefficient (Wildman–Crippen LogP) is -0.925. The number of hydrogen-bond donors (Lipinski definition) is 0. The molecule has 1 atom stereocenters. The number of phosphoric acid groups is 1. The van der Waals surface area contributed by atoms with Crippen LogP contribution in [0.4, 0.5) is 0 Å². The minimum Gasteiger partial charge on any atom is -0.790 e. The van der Waals surface area contributed by atoms with Crippen LogP contribution in [0.3, 0.4) is 0 Å². The second-order valence-corrected chi connectivity index (χ2v) is 8.81. The molecule has 0 fully saturated rings. The molecule has 0 amide bonds. The molecule has 0 aliphatic rings. The van der Waals surface area contributed by atoms with Gasteiger partial charge in [-0.2, -0.15) is 13.5 Å². The summed E-state index contributed by atoms with van der Waals surface area (Å²) in [6.07, 6.45) is 8.45. The Hall–Kier alpha value is -1.24. The Balaban J connectivity index is -0.0000000752.